The third-order valence-corrected chi connectivity index (χ3v) is 2.31. The maximum atomic E-state index is 5.86. The van der Waals surface area contributed by atoms with Gasteiger partial charge in [-0.1, -0.05) is 37.8 Å². The summed E-state index contributed by atoms with van der Waals surface area (Å²) >= 11 is 5.86. The zero-order valence-electron chi connectivity index (χ0n) is 7.96. The second-order valence-corrected chi connectivity index (χ2v) is 3.46. The van der Waals surface area contributed by atoms with Crippen LogP contribution in [0.5, 0.6) is 0 Å². The van der Waals surface area contributed by atoms with Gasteiger partial charge in [0.2, 0.25) is 0 Å². The highest BCUT2D eigenvalue weighted by Gasteiger charge is 2.00. The molecular weight excluding hydrogens is 184 g/mol. The van der Waals surface area contributed by atoms with Crippen molar-refractivity contribution < 1.29 is 0 Å². The standard InChI is InChI=1S/C10H15ClN2/c1-2-3-4-5-6-9-10(11)13-8-7-12-9/h7-8H,2-6H2,1H3. The van der Waals surface area contributed by atoms with E-state index in [2.05, 4.69) is 16.9 Å². The molecule has 3 heteroatoms. The van der Waals surface area contributed by atoms with Crippen LogP contribution in [0.2, 0.25) is 5.15 Å². The molecular formula is C10H15ClN2. The Balaban J connectivity index is 2.32. The summed E-state index contributed by atoms with van der Waals surface area (Å²) in [6.07, 6.45) is 9.23. The molecule has 0 spiro atoms. The van der Waals surface area contributed by atoms with E-state index in [4.69, 9.17) is 11.6 Å². The van der Waals surface area contributed by atoms with Crippen LogP contribution in [0.25, 0.3) is 0 Å². The second-order valence-electron chi connectivity index (χ2n) is 3.10. The van der Waals surface area contributed by atoms with Crippen molar-refractivity contribution in [3.8, 4) is 0 Å². The van der Waals surface area contributed by atoms with Gasteiger partial charge in [-0.05, 0) is 12.8 Å². The fourth-order valence-electron chi connectivity index (χ4n) is 1.24. The van der Waals surface area contributed by atoms with Gasteiger partial charge in [0.25, 0.3) is 0 Å². The molecule has 0 aliphatic heterocycles. The Morgan fingerprint density at radius 1 is 1.15 bits per heavy atom. The highest BCUT2D eigenvalue weighted by Crippen LogP contribution is 2.12. The molecule has 0 saturated carbocycles. The molecule has 0 N–H and O–H groups in total. The second kappa shape index (κ2) is 5.92. The van der Waals surface area contributed by atoms with Crippen LogP contribution in [0, 0.1) is 0 Å². The molecule has 1 rings (SSSR count). The van der Waals surface area contributed by atoms with Crippen LogP contribution in [-0.2, 0) is 6.42 Å². The molecule has 0 atom stereocenters. The molecule has 0 saturated heterocycles. The van der Waals surface area contributed by atoms with Gasteiger partial charge in [-0.15, -0.1) is 0 Å². The van der Waals surface area contributed by atoms with Gasteiger partial charge in [-0.25, -0.2) is 4.98 Å². The maximum absolute atomic E-state index is 5.86. The number of halogens is 1. The minimum Gasteiger partial charge on any atom is -0.256 e. The van der Waals surface area contributed by atoms with Gasteiger partial charge in [0.05, 0.1) is 5.69 Å². The highest BCUT2D eigenvalue weighted by molar-refractivity contribution is 6.29. The van der Waals surface area contributed by atoms with E-state index in [0.29, 0.717) is 5.15 Å². The Morgan fingerprint density at radius 2 is 1.92 bits per heavy atom. The van der Waals surface area contributed by atoms with Crippen LogP contribution < -0.4 is 0 Å². The smallest absolute Gasteiger partial charge is 0.150 e. The predicted octanol–water partition coefficient (Wildman–Crippen LogP) is 3.25. The third-order valence-electron chi connectivity index (χ3n) is 1.99. The monoisotopic (exact) mass is 198 g/mol. The predicted molar refractivity (Wildman–Crippen MR) is 54.9 cm³/mol. The normalized spacial score (nSPS) is 10.3. The van der Waals surface area contributed by atoms with E-state index in [-0.39, 0.29) is 0 Å². The quantitative estimate of drug-likeness (QED) is 0.679. The number of aromatic nitrogens is 2. The van der Waals surface area contributed by atoms with E-state index < -0.39 is 0 Å². The van der Waals surface area contributed by atoms with Crippen molar-refractivity contribution >= 4 is 11.6 Å². The van der Waals surface area contributed by atoms with Crippen LogP contribution >= 0.6 is 11.6 Å². The van der Waals surface area contributed by atoms with Gasteiger partial charge < -0.3 is 0 Å². The molecule has 0 fully saturated rings. The van der Waals surface area contributed by atoms with E-state index in [9.17, 15) is 0 Å². The van der Waals surface area contributed by atoms with E-state index >= 15 is 0 Å². The Morgan fingerprint density at radius 3 is 2.62 bits per heavy atom. The van der Waals surface area contributed by atoms with Crippen molar-refractivity contribution in [1.82, 2.24) is 9.97 Å². The van der Waals surface area contributed by atoms with E-state index in [0.717, 1.165) is 18.5 Å². The summed E-state index contributed by atoms with van der Waals surface area (Å²) in [4.78, 5) is 8.16. The SMILES string of the molecule is CCCCCCc1nccnc1Cl. The molecule has 72 valence electrons. The first-order valence-electron chi connectivity index (χ1n) is 4.80. The van der Waals surface area contributed by atoms with E-state index in [1.807, 2.05) is 0 Å². The van der Waals surface area contributed by atoms with E-state index in [1.165, 1.54) is 19.3 Å². The summed E-state index contributed by atoms with van der Waals surface area (Å²) in [6.45, 7) is 2.20. The number of aryl methyl sites for hydroxylation is 1. The molecule has 1 heterocycles. The van der Waals surface area contributed by atoms with Crippen molar-refractivity contribution in [2.45, 2.75) is 39.0 Å². The minimum absolute atomic E-state index is 0.555. The highest BCUT2D eigenvalue weighted by atomic mass is 35.5. The van der Waals surface area contributed by atoms with Crippen LogP contribution in [0.15, 0.2) is 12.4 Å². The van der Waals surface area contributed by atoms with Crippen molar-refractivity contribution in [3.05, 3.63) is 23.2 Å². The number of unbranched alkanes of at least 4 members (excludes halogenated alkanes) is 3. The first-order valence-corrected chi connectivity index (χ1v) is 5.17. The average Bonchev–Trinajstić information content (AvgIpc) is 2.15. The van der Waals surface area contributed by atoms with Gasteiger partial charge in [-0.3, -0.25) is 4.98 Å². The summed E-state index contributed by atoms with van der Waals surface area (Å²) < 4.78 is 0. The van der Waals surface area contributed by atoms with Gasteiger partial charge in [0.1, 0.15) is 5.15 Å². The lowest BCUT2D eigenvalue weighted by Gasteiger charge is -2.00. The number of hydrogen-bond acceptors (Lipinski definition) is 2. The van der Waals surface area contributed by atoms with Crippen LogP contribution in [-0.4, -0.2) is 9.97 Å². The molecule has 0 aliphatic rings. The number of nitrogens with zero attached hydrogens (tertiary/aromatic N) is 2. The average molecular weight is 199 g/mol. The Bertz CT molecular complexity index is 250. The zero-order valence-corrected chi connectivity index (χ0v) is 8.72. The van der Waals surface area contributed by atoms with Crippen molar-refractivity contribution in [1.29, 1.82) is 0 Å². The Labute approximate surface area is 84.4 Å². The van der Waals surface area contributed by atoms with Crippen LogP contribution in [0.1, 0.15) is 38.3 Å². The summed E-state index contributed by atoms with van der Waals surface area (Å²) in [7, 11) is 0. The summed E-state index contributed by atoms with van der Waals surface area (Å²) in [5, 5.41) is 0.555. The van der Waals surface area contributed by atoms with Gasteiger partial charge in [0, 0.05) is 12.4 Å². The Hall–Kier alpha value is -0.630. The van der Waals surface area contributed by atoms with Gasteiger partial charge >= 0.3 is 0 Å². The first kappa shape index (κ1) is 10.5. The van der Waals surface area contributed by atoms with Gasteiger partial charge in [-0.2, -0.15) is 0 Å². The topological polar surface area (TPSA) is 25.8 Å². The molecule has 13 heavy (non-hydrogen) atoms. The Kier molecular flexibility index (Phi) is 4.76. The molecule has 0 radical (unpaired) electrons. The molecule has 1 aromatic heterocycles. The summed E-state index contributed by atoms with van der Waals surface area (Å²) in [5.74, 6) is 0. The molecule has 1 aromatic rings. The maximum Gasteiger partial charge on any atom is 0.150 e. The lowest BCUT2D eigenvalue weighted by Crippen LogP contribution is -1.93. The zero-order chi connectivity index (χ0) is 9.52. The van der Waals surface area contributed by atoms with Crippen molar-refractivity contribution in [3.63, 3.8) is 0 Å². The molecule has 0 bridgehead atoms. The summed E-state index contributed by atoms with van der Waals surface area (Å²) in [5.41, 5.74) is 0.931. The lowest BCUT2D eigenvalue weighted by atomic mass is 10.1. The fourth-order valence-corrected chi connectivity index (χ4v) is 1.44. The molecule has 2 nitrogen and oxygen atoms in total. The largest absolute Gasteiger partial charge is 0.256 e. The van der Waals surface area contributed by atoms with Crippen LogP contribution in [0.4, 0.5) is 0 Å². The summed E-state index contributed by atoms with van der Waals surface area (Å²) in [6, 6.07) is 0. The molecule has 0 unspecified atom stereocenters. The van der Waals surface area contributed by atoms with E-state index in [1.54, 1.807) is 12.4 Å². The fraction of sp³-hybridized carbons (Fsp3) is 0.600. The van der Waals surface area contributed by atoms with Crippen LogP contribution in [0.3, 0.4) is 0 Å². The van der Waals surface area contributed by atoms with Crippen molar-refractivity contribution in [2.75, 3.05) is 0 Å². The third kappa shape index (κ3) is 3.73. The van der Waals surface area contributed by atoms with Gasteiger partial charge in [0.15, 0.2) is 0 Å². The first-order chi connectivity index (χ1) is 6.34. The number of rotatable bonds is 5. The molecule has 0 aromatic carbocycles. The van der Waals surface area contributed by atoms with Crippen molar-refractivity contribution in [2.24, 2.45) is 0 Å². The number of hydrogen-bond donors (Lipinski definition) is 0. The minimum atomic E-state index is 0.555. The molecule has 0 amide bonds. The lowest BCUT2D eigenvalue weighted by molar-refractivity contribution is 0.659. The molecule has 0 aliphatic carbocycles.